The monoisotopic (exact) mass is 259 g/mol. The van der Waals surface area contributed by atoms with Crippen molar-refractivity contribution < 1.29 is 9.15 Å². The normalized spacial score (nSPS) is 12.3. The summed E-state index contributed by atoms with van der Waals surface area (Å²) in [4.78, 5) is 0. The largest absolute Gasteiger partial charge is 0.494 e. The van der Waals surface area contributed by atoms with Gasteiger partial charge in [-0.2, -0.15) is 0 Å². The molecule has 1 aromatic heterocycles. The predicted molar refractivity (Wildman–Crippen MR) is 76.2 cm³/mol. The molecule has 3 nitrogen and oxygen atoms in total. The average molecular weight is 259 g/mol. The molecule has 1 N–H and O–H groups in total. The van der Waals surface area contributed by atoms with Gasteiger partial charge in [-0.05, 0) is 43.2 Å². The molecule has 2 aromatic rings. The average Bonchev–Trinajstić information content (AvgIpc) is 2.97. The zero-order valence-electron chi connectivity index (χ0n) is 11.6. The van der Waals surface area contributed by atoms with Crippen LogP contribution in [0.5, 0.6) is 5.75 Å². The fraction of sp³-hybridized carbons (Fsp3) is 0.375. The number of ether oxygens (including phenoxy) is 1. The predicted octanol–water partition coefficient (Wildman–Crippen LogP) is 3.92. The van der Waals surface area contributed by atoms with Crippen LogP contribution in [0.4, 0.5) is 0 Å². The molecule has 0 unspecified atom stereocenters. The first-order valence-corrected chi connectivity index (χ1v) is 6.78. The van der Waals surface area contributed by atoms with Crippen molar-refractivity contribution in [3.8, 4) is 5.75 Å². The maximum absolute atomic E-state index is 5.63. The van der Waals surface area contributed by atoms with Crippen molar-refractivity contribution in [2.75, 3.05) is 6.61 Å². The molecular formula is C16H21NO2. The third-order valence-electron chi connectivity index (χ3n) is 2.95. The van der Waals surface area contributed by atoms with Crippen molar-refractivity contribution in [1.82, 2.24) is 5.32 Å². The van der Waals surface area contributed by atoms with E-state index >= 15 is 0 Å². The van der Waals surface area contributed by atoms with Crippen LogP contribution in [-0.2, 0) is 6.54 Å². The quantitative estimate of drug-likeness (QED) is 0.818. The second kappa shape index (κ2) is 7.00. The number of furan rings is 1. The van der Waals surface area contributed by atoms with E-state index in [1.165, 1.54) is 5.56 Å². The molecular weight excluding hydrogens is 238 g/mol. The first kappa shape index (κ1) is 13.7. The Kier molecular flexibility index (Phi) is 5.04. The smallest absolute Gasteiger partial charge is 0.120 e. The van der Waals surface area contributed by atoms with Crippen LogP contribution >= 0.6 is 0 Å². The minimum atomic E-state index is 0.204. The molecule has 1 atom stereocenters. The van der Waals surface area contributed by atoms with E-state index in [9.17, 15) is 0 Å². The summed E-state index contributed by atoms with van der Waals surface area (Å²) in [5, 5.41) is 3.44. The zero-order valence-corrected chi connectivity index (χ0v) is 11.6. The molecule has 0 aliphatic carbocycles. The maximum atomic E-state index is 5.63. The molecule has 0 aliphatic heterocycles. The first-order valence-electron chi connectivity index (χ1n) is 6.78. The van der Waals surface area contributed by atoms with Gasteiger partial charge in [-0.15, -0.1) is 0 Å². The summed E-state index contributed by atoms with van der Waals surface area (Å²) in [6, 6.07) is 12.3. The summed E-state index contributed by atoms with van der Waals surface area (Å²) in [6.07, 6.45) is 2.73. The standard InChI is InChI=1S/C16H21NO2/c1-3-9-18-15-7-4-6-14(11-15)12-17-13(2)16-8-5-10-19-16/h4-8,10-11,13,17H,3,9,12H2,1-2H3/t13-/m0/s1. The highest BCUT2D eigenvalue weighted by molar-refractivity contribution is 5.28. The Hall–Kier alpha value is -1.74. The zero-order chi connectivity index (χ0) is 13.5. The second-order valence-corrected chi connectivity index (χ2v) is 4.61. The lowest BCUT2D eigenvalue weighted by Crippen LogP contribution is -2.17. The number of rotatable bonds is 7. The van der Waals surface area contributed by atoms with E-state index in [2.05, 4.69) is 31.3 Å². The highest BCUT2D eigenvalue weighted by Crippen LogP contribution is 2.16. The highest BCUT2D eigenvalue weighted by atomic mass is 16.5. The molecule has 0 saturated heterocycles. The van der Waals surface area contributed by atoms with Crippen LogP contribution in [-0.4, -0.2) is 6.61 Å². The number of hydrogen-bond donors (Lipinski definition) is 1. The lowest BCUT2D eigenvalue weighted by Gasteiger charge is -2.12. The Morgan fingerprint density at radius 2 is 2.16 bits per heavy atom. The molecule has 19 heavy (non-hydrogen) atoms. The van der Waals surface area contributed by atoms with E-state index in [0.29, 0.717) is 0 Å². The molecule has 0 bridgehead atoms. The van der Waals surface area contributed by atoms with Crippen molar-refractivity contribution in [1.29, 1.82) is 0 Å². The van der Waals surface area contributed by atoms with Gasteiger partial charge in [-0.1, -0.05) is 19.1 Å². The molecule has 0 amide bonds. The van der Waals surface area contributed by atoms with Crippen molar-refractivity contribution in [3.05, 3.63) is 54.0 Å². The molecule has 0 saturated carbocycles. The number of hydrogen-bond acceptors (Lipinski definition) is 3. The van der Waals surface area contributed by atoms with Crippen molar-refractivity contribution in [2.24, 2.45) is 0 Å². The van der Waals surface area contributed by atoms with Gasteiger partial charge in [0, 0.05) is 6.54 Å². The minimum absolute atomic E-state index is 0.204. The Morgan fingerprint density at radius 3 is 2.89 bits per heavy atom. The summed E-state index contributed by atoms with van der Waals surface area (Å²) in [5.41, 5.74) is 1.21. The lowest BCUT2D eigenvalue weighted by atomic mass is 10.2. The molecule has 1 aromatic carbocycles. The number of nitrogens with one attached hydrogen (secondary N) is 1. The fourth-order valence-electron chi connectivity index (χ4n) is 1.87. The third-order valence-corrected chi connectivity index (χ3v) is 2.95. The van der Waals surface area contributed by atoms with Gasteiger partial charge in [0.15, 0.2) is 0 Å². The van der Waals surface area contributed by atoms with E-state index in [1.807, 2.05) is 24.3 Å². The van der Waals surface area contributed by atoms with Gasteiger partial charge < -0.3 is 14.5 Å². The van der Waals surface area contributed by atoms with E-state index in [0.717, 1.165) is 31.1 Å². The molecule has 0 fully saturated rings. The van der Waals surface area contributed by atoms with Crippen molar-refractivity contribution in [3.63, 3.8) is 0 Å². The molecule has 0 aliphatic rings. The Morgan fingerprint density at radius 1 is 1.26 bits per heavy atom. The van der Waals surface area contributed by atoms with Crippen LogP contribution in [0, 0.1) is 0 Å². The van der Waals surface area contributed by atoms with Crippen LogP contribution in [0.2, 0.25) is 0 Å². The third kappa shape index (κ3) is 4.14. The van der Waals surface area contributed by atoms with Crippen molar-refractivity contribution >= 4 is 0 Å². The Balaban J connectivity index is 1.88. The van der Waals surface area contributed by atoms with Gasteiger partial charge in [0.1, 0.15) is 11.5 Å². The fourth-order valence-corrected chi connectivity index (χ4v) is 1.87. The van der Waals surface area contributed by atoms with E-state index in [-0.39, 0.29) is 6.04 Å². The van der Waals surface area contributed by atoms with Crippen LogP contribution in [0.25, 0.3) is 0 Å². The summed E-state index contributed by atoms with van der Waals surface area (Å²) >= 11 is 0. The Bertz CT molecular complexity index is 479. The van der Waals surface area contributed by atoms with Gasteiger partial charge >= 0.3 is 0 Å². The summed E-state index contributed by atoms with van der Waals surface area (Å²) in [5.74, 6) is 1.89. The van der Waals surface area contributed by atoms with Gasteiger partial charge in [0.05, 0.1) is 18.9 Å². The van der Waals surface area contributed by atoms with Crippen molar-refractivity contribution in [2.45, 2.75) is 32.9 Å². The summed E-state index contributed by atoms with van der Waals surface area (Å²) in [7, 11) is 0. The van der Waals surface area contributed by atoms with Crippen LogP contribution in [0.15, 0.2) is 47.1 Å². The van der Waals surface area contributed by atoms with Gasteiger partial charge in [0.2, 0.25) is 0 Å². The molecule has 2 rings (SSSR count). The summed E-state index contributed by atoms with van der Waals surface area (Å²) < 4.78 is 11.0. The molecule has 3 heteroatoms. The highest BCUT2D eigenvalue weighted by Gasteiger charge is 2.07. The topological polar surface area (TPSA) is 34.4 Å². The second-order valence-electron chi connectivity index (χ2n) is 4.61. The van der Waals surface area contributed by atoms with E-state index in [1.54, 1.807) is 6.26 Å². The maximum Gasteiger partial charge on any atom is 0.120 e. The van der Waals surface area contributed by atoms with E-state index in [4.69, 9.17) is 9.15 Å². The SMILES string of the molecule is CCCOc1cccc(CN[C@@H](C)c2ccco2)c1. The molecule has 102 valence electrons. The first-order chi connectivity index (χ1) is 9.29. The molecule has 0 radical (unpaired) electrons. The number of benzene rings is 1. The lowest BCUT2D eigenvalue weighted by molar-refractivity contribution is 0.317. The van der Waals surface area contributed by atoms with E-state index < -0.39 is 0 Å². The molecule has 1 heterocycles. The van der Waals surface area contributed by atoms with Crippen LogP contribution in [0.1, 0.15) is 37.6 Å². The van der Waals surface area contributed by atoms with Gasteiger partial charge in [0.25, 0.3) is 0 Å². The summed E-state index contributed by atoms with van der Waals surface area (Å²) in [6.45, 7) is 5.76. The van der Waals surface area contributed by atoms with Gasteiger partial charge in [-0.3, -0.25) is 0 Å². The minimum Gasteiger partial charge on any atom is -0.494 e. The Labute approximate surface area is 114 Å². The van der Waals surface area contributed by atoms with Crippen LogP contribution < -0.4 is 10.1 Å². The van der Waals surface area contributed by atoms with Crippen LogP contribution in [0.3, 0.4) is 0 Å². The van der Waals surface area contributed by atoms with Gasteiger partial charge in [-0.25, -0.2) is 0 Å². The molecule has 0 spiro atoms.